The zero-order chi connectivity index (χ0) is 31.6. The van der Waals surface area contributed by atoms with Crippen LogP contribution in [0.1, 0.15) is 79.9 Å². The fourth-order valence-electron chi connectivity index (χ4n) is 5.84. The number of nitrogens with one attached hydrogen (secondary N) is 1. The number of nitrogens with zero attached hydrogens (tertiary/aromatic N) is 4. The van der Waals surface area contributed by atoms with Crippen LogP contribution in [0.5, 0.6) is 0 Å². The predicted molar refractivity (Wildman–Crippen MR) is 167 cm³/mol. The molecule has 0 saturated carbocycles. The summed E-state index contributed by atoms with van der Waals surface area (Å²) in [5.41, 5.74) is 2.66. The van der Waals surface area contributed by atoms with Gasteiger partial charge >= 0.3 is 0 Å². The van der Waals surface area contributed by atoms with Crippen LogP contribution in [0.15, 0.2) is 42.0 Å². The first-order chi connectivity index (χ1) is 20.9. The van der Waals surface area contributed by atoms with Gasteiger partial charge in [0, 0.05) is 18.5 Å². The lowest BCUT2D eigenvalue weighted by Gasteiger charge is -2.35. The van der Waals surface area contributed by atoms with E-state index >= 15 is 0 Å². The summed E-state index contributed by atoms with van der Waals surface area (Å²) in [6.07, 6.45) is 3.57. The topological polar surface area (TPSA) is 100 Å². The lowest BCUT2D eigenvalue weighted by molar-refractivity contribution is -0.128. The van der Waals surface area contributed by atoms with Gasteiger partial charge in [-0.05, 0) is 67.3 Å². The SMILES string of the molecule is CC(C)(C)CCCc1ccc2nc(NC(=O)c3ccc(C(F)F)s3)n(C[C@H]3CCCN3C(=O)C(C#N)=CC3(C)COC3)c2c1. The molecule has 1 aromatic carbocycles. The van der Waals surface area contributed by atoms with E-state index in [1.165, 1.54) is 12.1 Å². The first kappa shape index (κ1) is 31.8. The van der Waals surface area contributed by atoms with Gasteiger partial charge in [-0.25, -0.2) is 13.8 Å². The molecule has 234 valence electrons. The molecule has 5 rings (SSSR count). The zero-order valence-electron chi connectivity index (χ0n) is 25.7. The molecule has 3 aromatic rings. The molecule has 1 atom stereocenters. The number of imidazole rings is 1. The summed E-state index contributed by atoms with van der Waals surface area (Å²) in [6.45, 7) is 10.5. The molecule has 0 bridgehead atoms. The Morgan fingerprint density at radius 2 is 2.05 bits per heavy atom. The number of anilines is 1. The number of carbonyl (C=O) groups is 2. The van der Waals surface area contributed by atoms with Crippen LogP contribution >= 0.6 is 11.3 Å². The summed E-state index contributed by atoms with van der Waals surface area (Å²) in [5, 5.41) is 12.7. The number of aryl methyl sites for hydroxylation is 1. The minimum absolute atomic E-state index is 0.111. The Bertz CT molecular complexity index is 1610. The van der Waals surface area contributed by atoms with E-state index in [0.717, 1.165) is 54.5 Å². The van der Waals surface area contributed by atoms with Gasteiger partial charge in [-0.1, -0.05) is 39.8 Å². The van der Waals surface area contributed by atoms with Crippen molar-refractivity contribution in [2.45, 2.75) is 78.8 Å². The molecule has 0 radical (unpaired) electrons. The van der Waals surface area contributed by atoms with Gasteiger partial charge in [-0.3, -0.25) is 14.9 Å². The zero-order valence-corrected chi connectivity index (χ0v) is 26.5. The molecule has 2 aromatic heterocycles. The molecule has 0 unspecified atom stereocenters. The molecule has 44 heavy (non-hydrogen) atoms. The van der Waals surface area contributed by atoms with E-state index in [9.17, 15) is 23.6 Å². The molecule has 2 aliphatic rings. The van der Waals surface area contributed by atoms with E-state index in [2.05, 4.69) is 38.2 Å². The summed E-state index contributed by atoms with van der Waals surface area (Å²) < 4.78 is 33.6. The Morgan fingerprint density at radius 1 is 1.27 bits per heavy atom. The summed E-state index contributed by atoms with van der Waals surface area (Å²) in [5.74, 6) is -0.536. The molecule has 1 N–H and O–H groups in total. The monoisotopic (exact) mass is 623 g/mol. The van der Waals surface area contributed by atoms with E-state index in [1.54, 1.807) is 11.0 Å². The van der Waals surface area contributed by atoms with Gasteiger partial charge in [0.15, 0.2) is 0 Å². The highest BCUT2D eigenvalue weighted by atomic mass is 32.1. The highest BCUT2D eigenvalue weighted by molar-refractivity contribution is 7.14. The van der Waals surface area contributed by atoms with Crippen molar-refractivity contribution in [3.05, 3.63) is 57.3 Å². The van der Waals surface area contributed by atoms with E-state index < -0.39 is 12.3 Å². The number of likely N-dealkylation sites (tertiary alicyclic amines) is 1. The second kappa shape index (κ2) is 12.8. The summed E-state index contributed by atoms with van der Waals surface area (Å²) in [7, 11) is 0. The molecule has 2 aliphatic heterocycles. The molecular weight excluding hydrogens is 584 g/mol. The van der Waals surface area contributed by atoms with Crippen LogP contribution in [-0.4, -0.2) is 52.1 Å². The first-order valence-electron chi connectivity index (χ1n) is 15.1. The lowest BCUT2D eigenvalue weighted by atomic mass is 9.86. The number of thiophene rings is 1. The van der Waals surface area contributed by atoms with Crippen molar-refractivity contribution in [2.24, 2.45) is 10.8 Å². The predicted octanol–water partition coefficient (Wildman–Crippen LogP) is 7.13. The standard InChI is InChI=1S/C33H39F2N5O3S/c1-32(2,3)13-5-7-21-9-10-24-25(15-21)40(31(37-24)38-29(41)27-12-11-26(44-27)28(34)35)18-23-8-6-14-39(23)30(42)22(17-36)16-33(4)19-43-20-33/h9-12,15-16,23,28H,5-8,13-14,18-20H2,1-4H3,(H,37,38,41)/t23-/m1/s1. The Balaban J connectivity index is 1.45. The van der Waals surface area contributed by atoms with Crippen molar-refractivity contribution in [3.8, 4) is 6.07 Å². The number of fused-ring (bicyclic) bond motifs is 1. The molecular formula is C33H39F2N5O3S. The van der Waals surface area contributed by atoms with Crippen LogP contribution in [0.2, 0.25) is 0 Å². The third-order valence-corrected chi connectivity index (χ3v) is 9.33. The number of amides is 2. The van der Waals surface area contributed by atoms with Crippen LogP contribution in [0.25, 0.3) is 11.0 Å². The van der Waals surface area contributed by atoms with Crippen LogP contribution in [0.4, 0.5) is 14.7 Å². The van der Waals surface area contributed by atoms with Gasteiger partial charge in [-0.15, -0.1) is 11.3 Å². The van der Waals surface area contributed by atoms with Crippen molar-refractivity contribution in [1.82, 2.24) is 14.5 Å². The minimum Gasteiger partial charge on any atom is -0.379 e. The third-order valence-electron chi connectivity index (χ3n) is 8.23. The average molecular weight is 624 g/mol. The normalized spacial score (nSPS) is 18.5. The van der Waals surface area contributed by atoms with E-state index in [-0.39, 0.29) is 38.1 Å². The van der Waals surface area contributed by atoms with Gasteiger partial charge in [0.2, 0.25) is 5.95 Å². The number of aromatic nitrogens is 2. The van der Waals surface area contributed by atoms with Gasteiger partial charge in [-0.2, -0.15) is 5.26 Å². The Labute approximate surface area is 260 Å². The van der Waals surface area contributed by atoms with Crippen molar-refractivity contribution in [2.75, 3.05) is 25.1 Å². The minimum atomic E-state index is -2.65. The van der Waals surface area contributed by atoms with Crippen molar-refractivity contribution in [1.29, 1.82) is 5.26 Å². The average Bonchev–Trinajstić information content (AvgIpc) is 3.70. The van der Waals surface area contributed by atoms with Crippen molar-refractivity contribution >= 4 is 40.1 Å². The maximum absolute atomic E-state index is 13.6. The molecule has 4 heterocycles. The second-order valence-electron chi connectivity index (χ2n) is 13.4. The molecule has 2 fully saturated rings. The second-order valence-corrected chi connectivity index (χ2v) is 14.5. The van der Waals surface area contributed by atoms with Crippen molar-refractivity contribution in [3.63, 3.8) is 0 Å². The maximum atomic E-state index is 13.6. The number of hydrogen-bond donors (Lipinski definition) is 1. The molecule has 2 saturated heterocycles. The van der Waals surface area contributed by atoms with Crippen LogP contribution in [0, 0.1) is 22.2 Å². The van der Waals surface area contributed by atoms with Gasteiger partial charge < -0.3 is 14.2 Å². The number of hydrogen-bond acceptors (Lipinski definition) is 6. The number of carbonyl (C=O) groups excluding carboxylic acids is 2. The van der Waals surface area contributed by atoms with Gasteiger partial charge in [0.05, 0.1) is 40.0 Å². The van der Waals surface area contributed by atoms with E-state index in [1.807, 2.05) is 23.6 Å². The molecule has 0 aliphatic carbocycles. The molecule has 0 spiro atoms. The number of benzene rings is 1. The summed E-state index contributed by atoms with van der Waals surface area (Å²) in [4.78, 5) is 33.2. The lowest BCUT2D eigenvalue weighted by Crippen LogP contribution is -2.41. The summed E-state index contributed by atoms with van der Waals surface area (Å²) in [6, 6.07) is 10.6. The fourth-order valence-corrected chi connectivity index (χ4v) is 6.60. The van der Waals surface area contributed by atoms with Gasteiger partial charge in [0.25, 0.3) is 18.2 Å². The van der Waals surface area contributed by atoms with E-state index in [4.69, 9.17) is 9.72 Å². The number of rotatable bonds is 10. The Hall–Kier alpha value is -3.62. The Kier molecular flexibility index (Phi) is 9.23. The number of nitriles is 1. The van der Waals surface area contributed by atoms with Crippen LogP contribution < -0.4 is 5.32 Å². The molecule has 11 heteroatoms. The highest BCUT2D eigenvalue weighted by Crippen LogP contribution is 2.33. The third kappa shape index (κ3) is 7.19. The largest absolute Gasteiger partial charge is 0.379 e. The highest BCUT2D eigenvalue weighted by Gasteiger charge is 2.36. The van der Waals surface area contributed by atoms with Crippen LogP contribution in [0.3, 0.4) is 0 Å². The maximum Gasteiger partial charge on any atom is 0.272 e. The van der Waals surface area contributed by atoms with Crippen LogP contribution in [-0.2, 0) is 22.5 Å². The number of alkyl halides is 2. The smallest absolute Gasteiger partial charge is 0.272 e. The quantitative estimate of drug-likeness (QED) is 0.191. The number of ether oxygens (including phenoxy) is 1. The first-order valence-corrected chi connectivity index (χ1v) is 15.9. The fraction of sp³-hybridized carbons (Fsp3) is 0.515. The Morgan fingerprint density at radius 3 is 2.68 bits per heavy atom. The number of halogens is 2. The summed E-state index contributed by atoms with van der Waals surface area (Å²) >= 11 is 0.751. The molecule has 2 amide bonds. The van der Waals surface area contributed by atoms with Crippen molar-refractivity contribution < 1.29 is 23.1 Å². The van der Waals surface area contributed by atoms with E-state index in [0.29, 0.717) is 37.8 Å². The van der Waals surface area contributed by atoms with Gasteiger partial charge in [0.1, 0.15) is 11.6 Å². The molecule has 8 nitrogen and oxygen atoms in total.